The molecule has 5 aromatic carbocycles. The number of esters is 2. The van der Waals surface area contributed by atoms with Crippen LogP contribution in [0.2, 0.25) is 0 Å². The fourth-order valence-corrected chi connectivity index (χ4v) is 7.73. The van der Waals surface area contributed by atoms with Gasteiger partial charge in [-0.3, -0.25) is 9.59 Å². The summed E-state index contributed by atoms with van der Waals surface area (Å²) in [5.41, 5.74) is 4.10. The van der Waals surface area contributed by atoms with Crippen molar-refractivity contribution in [3.05, 3.63) is 167 Å². The predicted molar refractivity (Wildman–Crippen MR) is 213 cm³/mol. The molecule has 3 unspecified atom stereocenters. The van der Waals surface area contributed by atoms with Crippen molar-refractivity contribution in [2.75, 3.05) is 0 Å². The monoisotopic (exact) mass is 710 g/mol. The lowest BCUT2D eigenvalue weighted by Crippen LogP contribution is -2.45. The second-order valence-electron chi connectivity index (χ2n) is 15.5. The molecule has 0 aliphatic carbocycles. The smallest absolute Gasteiger partial charge is 0.312 e. The van der Waals surface area contributed by atoms with Gasteiger partial charge in [-0.25, -0.2) is 0 Å². The first-order valence-electron chi connectivity index (χ1n) is 18.8. The summed E-state index contributed by atoms with van der Waals surface area (Å²) in [6, 6.07) is 46.3. The van der Waals surface area contributed by atoms with E-state index in [2.05, 4.69) is 50.2 Å². The molecule has 0 aliphatic heterocycles. The molecular weight excluding hydrogens is 657 g/mol. The Morgan fingerprint density at radius 3 is 1.72 bits per heavy atom. The maximum atomic E-state index is 14.8. The molecule has 0 amide bonds. The van der Waals surface area contributed by atoms with Gasteiger partial charge in [0.2, 0.25) is 0 Å². The van der Waals surface area contributed by atoms with Crippen LogP contribution in [0.5, 0.6) is 0 Å². The highest BCUT2D eigenvalue weighted by Gasteiger charge is 2.50. The van der Waals surface area contributed by atoms with Crippen molar-refractivity contribution < 1.29 is 24.2 Å². The Labute approximate surface area is 316 Å². The number of aliphatic hydroxyl groups is 1. The van der Waals surface area contributed by atoms with E-state index in [1.165, 1.54) is 0 Å². The number of carbonyl (C=O) groups is 2. The van der Waals surface area contributed by atoms with Crippen molar-refractivity contribution in [2.24, 2.45) is 16.7 Å². The average molecular weight is 711 g/mol. The molecule has 5 nitrogen and oxygen atoms in total. The molecule has 3 atom stereocenters. The van der Waals surface area contributed by atoms with Crippen LogP contribution in [0.1, 0.15) is 88.1 Å². The predicted octanol–water partition coefficient (Wildman–Crippen LogP) is 10.9. The number of ether oxygens (including phenoxy) is 2. The molecule has 0 radical (unpaired) electrons. The van der Waals surface area contributed by atoms with Gasteiger partial charge in [-0.1, -0.05) is 160 Å². The third-order valence-corrected chi connectivity index (χ3v) is 10.6. The number of benzene rings is 5. The van der Waals surface area contributed by atoms with Gasteiger partial charge in [0.05, 0.1) is 17.4 Å². The van der Waals surface area contributed by atoms with E-state index in [4.69, 9.17) is 9.47 Å². The molecule has 0 spiro atoms. The summed E-state index contributed by atoms with van der Waals surface area (Å²) in [7, 11) is 0. The van der Waals surface area contributed by atoms with Crippen LogP contribution in [0.15, 0.2) is 140 Å². The molecule has 0 aliphatic rings. The third kappa shape index (κ3) is 9.91. The van der Waals surface area contributed by atoms with Crippen LogP contribution in [-0.4, -0.2) is 17.0 Å². The first-order chi connectivity index (χ1) is 25.5. The van der Waals surface area contributed by atoms with E-state index in [-0.39, 0.29) is 38.2 Å². The Bertz CT molecular complexity index is 1900. The highest BCUT2D eigenvalue weighted by Crippen LogP contribution is 2.51. The van der Waals surface area contributed by atoms with Crippen LogP contribution in [0, 0.1) is 16.7 Å². The lowest BCUT2D eigenvalue weighted by atomic mass is 9.58. The zero-order valence-electron chi connectivity index (χ0n) is 31.9. The molecule has 5 rings (SSSR count). The van der Waals surface area contributed by atoms with E-state index in [1.807, 2.05) is 124 Å². The van der Waals surface area contributed by atoms with Crippen molar-refractivity contribution in [1.29, 1.82) is 0 Å². The second-order valence-corrected chi connectivity index (χ2v) is 15.5. The van der Waals surface area contributed by atoms with E-state index in [0.29, 0.717) is 12.3 Å². The summed E-state index contributed by atoms with van der Waals surface area (Å²) in [4.78, 5) is 28.7. The van der Waals surface area contributed by atoms with Crippen molar-refractivity contribution in [3.8, 4) is 11.1 Å². The fraction of sp³-hybridized carbons (Fsp3) is 0.333. The Balaban J connectivity index is 1.53. The van der Waals surface area contributed by atoms with Gasteiger partial charge in [0, 0.05) is 5.41 Å². The minimum absolute atomic E-state index is 0.0926. The first-order valence-corrected chi connectivity index (χ1v) is 18.8. The van der Waals surface area contributed by atoms with Gasteiger partial charge in [-0.2, -0.15) is 0 Å². The zero-order valence-corrected chi connectivity index (χ0v) is 31.9. The largest absolute Gasteiger partial charge is 0.460 e. The molecule has 0 fully saturated rings. The second kappa shape index (κ2) is 17.7. The number of hydrogen-bond acceptors (Lipinski definition) is 5. The van der Waals surface area contributed by atoms with Crippen LogP contribution < -0.4 is 0 Å². The van der Waals surface area contributed by atoms with Crippen molar-refractivity contribution in [3.63, 3.8) is 0 Å². The highest BCUT2D eigenvalue weighted by atomic mass is 16.5. The van der Waals surface area contributed by atoms with Crippen LogP contribution in [-0.2, 0) is 44.3 Å². The van der Waals surface area contributed by atoms with Crippen LogP contribution >= 0.6 is 0 Å². The average Bonchev–Trinajstić information content (AvgIpc) is 3.19. The summed E-state index contributed by atoms with van der Waals surface area (Å²) in [5, 5.41) is 10.2. The molecule has 1 N–H and O–H groups in total. The summed E-state index contributed by atoms with van der Waals surface area (Å²) < 4.78 is 12.1. The SMILES string of the molecule is CCC(C)CC(CC(C)(CC(C)(C)C(=O)OCc1ccccc1)C(=O)OCc1ccc(-c2ccccc2)cc1)(c1ccccc1)c1cccc(CO)c1. The standard InChI is InChI=1S/C48H54O5/c1-6-36(2)30-48(42-22-14-9-15-23-42,43-24-16-19-39(29-43)31-49)35-47(5,34-46(3,4)44(50)52-32-37-17-10-7-11-18-37)45(51)53-33-38-25-27-41(28-26-38)40-20-12-8-13-21-40/h7-29,36,49H,6,30-35H2,1-5H3. The molecule has 0 heterocycles. The molecule has 0 aromatic heterocycles. The summed E-state index contributed by atoms with van der Waals surface area (Å²) in [6.45, 7) is 10.3. The van der Waals surface area contributed by atoms with E-state index in [0.717, 1.165) is 51.8 Å². The minimum Gasteiger partial charge on any atom is -0.460 e. The van der Waals surface area contributed by atoms with Crippen LogP contribution in [0.3, 0.4) is 0 Å². The van der Waals surface area contributed by atoms with Gasteiger partial charge in [-0.05, 0) is 84.9 Å². The zero-order chi connectivity index (χ0) is 37.9. The number of rotatable bonds is 17. The Kier molecular flexibility index (Phi) is 13.1. The quantitative estimate of drug-likeness (QED) is 0.0973. The lowest BCUT2D eigenvalue weighted by Gasteiger charge is -2.45. The maximum Gasteiger partial charge on any atom is 0.312 e. The summed E-state index contributed by atoms with van der Waals surface area (Å²) >= 11 is 0. The van der Waals surface area contributed by atoms with Gasteiger partial charge >= 0.3 is 11.9 Å². The Morgan fingerprint density at radius 1 is 0.604 bits per heavy atom. The van der Waals surface area contributed by atoms with Crippen LogP contribution in [0.4, 0.5) is 0 Å². The Morgan fingerprint density at radius 2 is 1.11 bits per heavy atom. The molecule has 0 bridgehead atoms. The molecule has 276 valence electrons. The van der Waals surface area contributed by atoms with Gasteiger partial charge in [-0.15, -0.1) is 0 Å². The molecule has 0 saturated carbocycles. The number of aliphatic hydroxyl groups excluding tert-OH is 1. The van der Waals surface area contributed by atoms with E-state index in [9.17, 15) is 14.7 Å². The lowest BCUT2D eigenvalue weighted by molar-refractivity contribution is -0.165. The summed E-state index contributed by atoms with van der Waals surface area (Å²) in [6.07, 6.45) is 2.29. The normalized spacial score (nSPS) is 14.4. The van der Waals surface area contributed by atoms with Crippen molar-refractivity contribution in [2.45, 2.75) is 85.5 Å². The number of carbonyl (C=O) groups excluding carboxylic acids is 2. The van der Waals surface area contributed by atoms with Crippen LogP contribution in [0.25, 0.3) is 11.1 Å². The topological polar surface area (TPSA) is 72.8 Å². The fourth-order valence-electron chi connectivity index (χ4n) is 7.73. The molecular formula is C48H54O5. The first kappa shape index (κ1) is 39.2. The van der Waals surface area contributed by atoms with Gasteiger partial charge < -0.3 is 14.6 Å². The highest BCUT2D eigenvalue weighted by molar-refractivity contribution is 5.81. The van der Waals surface area contributed by atoms with E-state index in [1.54, 1.807) is 0 Å². The molecule has 0 saturated heterocycles. The molecule has 53 heavy (non-hydrogen) atoms. The van der Waals surface area contributed by atoms with Gasteiger partial charge in [0.15, 0.2) is 0 Å². The maximum absolute atomic E-state index is 14.8. The van der Waals surface area contributed by atoms with Gasteiger partial charge in [0.1, 0.15) is 13.2 Å². The number of hydrogen-bond donors (Lipinski definition) is 1. The van der Waals surface area contributed by atoms with Crippen molar-refractivity contribution in [1.82, 2.24) is 0 Å². The molecule has 5 heteroatoms. The van der Waals surface area contributed by atoms with E-state index < -0.39 is 16.2 Å². The minimum atomic E-state index is -1.13. The molecule has 5 aromatic rings. The Hall–Kier alpha value is -5.00. The van der Waals surface area contributed by atoms with Crippen molar-refractivity contribution >= 4 is 11.9 Å². The third-order valence-electron chi connectivity index (χ3n) is 10.6. The summed E-state index contributed by atoms with van der Waals surface area (Å²) in [5.74, 6) is -0.428. The van der Waals surface area contributed by atoms with E-state index >= 15 is 0 Å². The van der Waals surface area contributed by atoms with Gasteiger partial charge in [0.25, 0.3) is 0 Å².